The van der Waals surface area contributed by atoms with Crippen LogP contribution < -0.4 is 10.6 Å². The minimum atomic E-state index is -0.746. The molecule has 1 fully saturated rings. The van der Waals surface area contributed by atoms with E-state index in [0.717, 1.165) is 17.7 Å². The molecule has 116 valence electrons. The van der Waals surface area contributed by atoms with E-state index in [0.29, 0.717) is 12.3 Å². The first-order valence-corrected chi connectivity index (χ1v) is 8.47. The first-order chi connectivity index (χ1) is 9.91. The molecule has 0 aliphatic carbocycles. The number of hydrogen-bond acceptors (Lipinski definition) is 3. The fraction of sp³-hybridized carbons (Fsp3) is 0.562. The van der Waals surface area contributed by atoms with Crippen LogP contribution in [0.2, 0.25) is 0 Å². The van der Waals surface area contributed by atoms with Crippen LogP contribution in [0, 0.1) is 13.8 Å². The Morgan fingerprint density at radius 3 is 2.90 bits per heavy atom. The van der Waals surface area contributed by atoms with Crippen molar-refractivity contribution in [3.63, 3.8) is 0 Å². The van der Waals surface area contributed by atoms with Gasteiger partial charge in [0.15, 0.2) is 0 Å². The first-order valence-electron chi connectivity index (χ1n) is 7.32. The highest BCUT2D eigenvalue weighted by atomic mass is 32.2. The number of amides is 2. The predicted molar refractivity (Wildman–Crippen MR) is 87.8 cm³/mol. The van der Waals surface area contributed by atoms with Crippen LogP contribution in [0.1, 0.15) is 36.1 Å². The molecule has 21 heavy (non-hydrogen) atoms. The zero-order valence-corrected chi connectivity index (χ0v) is 13.7. The lowest BCUT2D eigenvalue weighted by atomic mass is 9.98. The standard InChI is InChI=1S/C16H24N2O2S/c1-11-5-4-6-14(12(11)2)13(3)18-15(19)17-9-16(20)7-8-21-10-16/h4-6,13,20H,7-10H2,1-3H3,(H2,17,18,19)/t13-,16+/m0/s1. The van der Waals surface area contributed by atoms with E-state index >= 15 is 0 Å². The number of thioether (sulfide) groups is 1. The van der Waals surface area contributed by atoms with Gasteiger partial charge in [0, 0.05) is 12.3 Å². The van der Waals surface area contributed by atoms with Crippen LogP contribution in [0.15, 0.2) is 18.2 Å². The summed E-state index contributed by atoms with van der Waals surface area (Å²) in [5.41, 5.74) is 2.81. The van der Waals surface area contributed by atoms with Gasteiger partial charge in [-0.3, -0.25) is 0 Å². The number of aryl methyl sites for hydroxylation is 1. The van der Waals surface area contributed by atoms with Crippen molar-refractivity contribution in [3.8, 4) is 0 Å². The number of carbonyl (C=O) groups is 1. The first kappa shape index (κ1) is 16.2. The van der Waals surface area contributed by atoms with Gasteiger partial charge >= 0.3 is 6.03 Å². The molecule has 3 N–H and O–H groups in total. The molecule has 1 aromatic carbocycles. The van der Waals surface area contributed by atoms with Crippen molar-refractivity contribution in [1.29, 1.82) is 0 Å². The van der Waals surface area contributed by atoms with Gasteiger partial charge in [0.1, 0.15) is 0 Å². The smallest absolute Gasteiger partial charge is 0.315 e. The van der Waals surface area contributed by atoms with Crippen LogP contribution in [0.5, 0.6) is 0 Å². The Bertz CT molecular complexity index is 513. The van der Waals surface area contributed by atoms with Gasteiger partial charge in [-0.2, -0.15) is 11.8 Å². The molecule has 1 aliphatic rings. The maximum absolute atomic E-state index is 12.0. The molecule has 1 aliphatic heterocycles. The molecule has 4 nitrogen and oxygen atoms in total. The van der Waals surface area contributed by atoms with E-state index in [9.17, 15) is 9.90 Å². The minimum Gasteiger partial charge on any atom is -0.387 e. The van der Waals surface area contributed by atoms with Crippen molar-refractivity contribution in [2.45, 2.75) is 38.8 Å². The second kappa shape index (κ2) is 6.71. The molecule has 0 unspecified atom stereocenters. The van der Waals surface area contributed by atoms with Crippen molar-refractivity contribution in [2.24, 2.45) is 0 Å². The minimum absolute atomic E-state index is 0.0579. The lowest BCUT2D eigenvalue weighted by Gasteiger charge is -2.23. The quantitative estimate of drug-likeness (QED) is 0.801. The van der Waals surface area contributed by atoms with Crippen LogP contribution in [0.4, 0.5) is 4.79 Å². The zero-order chi connectivity index (χ0) is 15.5. The highest BCUT2D eigenvalue weighted by Gasteiger charge is 2.32. The molecule has 1 heterocycles. The summed E-state index contributed by atoms with van der Waals surface area (Å²) in [4.78, 5) is 12.0. The van der Waals surface area contributed by atoms with Crippen LogP contribution in [-0.2, 0) is 0 Å². The molecule has 0 saturated carbocycles. The van der Waals surface area contributed by atoms with Gasteiger partial charge in [-0.25, -0.2) is 4.79 Å². The van der Waals surface area contributed by atoms with E-state index in [1.165, 1.54) is 11.1 Å². The third kappa shape index (κ3) is 4.14. The van der Waals surface area contributed by atoms with E-state index in [1.54, 1.807) is 11.8 Å². The molecule has 1 saturated heterocycles. The van der Waals surface area contributed by atoms with E-state index in [4.69, 9.17) is 0 Å². The number of benzene rings is 1. The van der Waals surface area contributed by atoms with Gasteiger partial charge in [-0.1, -0.05) is 18.2 Å². The Morgan fingerprint density at radius 2 is 2.24 bits per heavy atom. The maximum atomic E-state index is 12.0. The van der Waals surface area contributed by atoms with Crippen molar-refractivity contribution in [1.82, 2.24) is 10.6 Å². The lowest BCUT2D eigenvalue weighted by Crippen LogP contribution is -2.47. The summed E-state index contributed by atoms with van der Waals surface area (Å²) in [6, 6.07) is 5.82. The Morgan fingerprint density at radius 1 is 1.48 bits per heavy atom. The summed E-state index contributed by atoms with van der Waals surface area (Å²) in [7, 11) is 0. The van der Waals surface area contributed by atoms with Gasteiger partial charge < -0.3 is 15.7 Å². The summed E-state index contributed by atoms with van der Waals surface area (Å²) < 4.78 is 0. The Labute approximate surface area is 130 Å². The molecule has 2 amide bonds. The number of aliphatic hydroxyl groups is 1. The Hall–Kier alpha value is -1.20. The third-order valence-electron chi connectivity index (χ3n) is 4.12. The number of urea groups is 1. The van der Waals surface area contributed by atoms with Crippen LogP contribution in [0.3, 0.4) is 0 Å². The van der Waals surface area contributed by atoms with E-state index in [1.807, 2.05) is 19.1 Å². The monoisotopic (exact) mass is 308 g/mol. The van der Waals surface area contributed by atoms with E-state index < -0.39 is 5.60 Å². The molecular weight excluding hydrogens is 284 g/mol. The average molecular weight is 308 g/mol. The summed E-state index contributed by atoms with van der Waals surface area (Å²) >= 11 is 1.73. The second-order valence-corrected chi connectivity index (χ2v) is 6.97. The summed E-state index contributed by atoms with van der Waals surface area (Å²) in [6.07, 6.45) is 0.741. The van der Waals surface area contributed by atoms with Crippen molar-refractivity contribution >= 4 is 17.8 Å². The number of rotatable bonds is 4. The van der Waals surface area contributed by atoms with E-state index in [2.05, 4.69) is 30.5 Å². The van der Waals surface area contributed by atoms with Crippen LogP contribution in [-0.4, -0.2) is 34.8 Å². The number of hydrogen-bond donors (Lipinski definition) is 3. The second-order valence-electron chi connectivity index (χ2n) is 5.86. The van der Waals surface area contributed by atoms with Crippen LogP contribution in [0.25, 0.3) is 0 Å². The highest BCUT2D eigenvalue weighted by Crippen LogP contribution is 2.27. The van der Waals surface area contributed by atoms with Crippen molar-refractivity contribution in [3.05, 3.63) is 34.9 Å². The lowest BCUT2D eigenvalue weighted by molar-refractivity contribution is 0.0699. The van der Waals surface area contributed by atoms with Gasteiger partial charge in [0.2, 0.25) is 0 Å². The topological polar surface area (TPSA) is 61.4 Å². The number of carbonyl (C=O) groups excluding carboxylic acids is 1. The van der Waals surface area contributed by atoms with Gasteiger partial charge in [-0.15, -0.1) is 0 Å². The van der Waals surface area contributed by atoms with Crippen molar-refractivity contribution < 1.29 is 9.90 Å². The molecule has 1 aromatic rings. The summed E-state index contributed by atoms with van der Waals surface area (Å²) in [5.74, 6) is 1.65. The SMILES string of the molecule is Cc1cccc([C@H](C)NC(=O)NC[C@]2(O)CCSC2)c1C. The molecule has 2 atom stereocenters. The van der Waals surface area contributed by atoms with Crippen molar-refractivity contribution in [2.75, 3.05) is 18.1 Å². The maximum Gasteiger partial charge on any atom is 0.315 e. The Balaban J connectivity index is 1.88. The van der Waals surface area contributed by atoms with Crippen LogP contribution >= 0.6 is 11.8 Å². The molecule has 5 heteroatoms. The van der Waals surface area contributed by atoms with E-state index in [-0.39, 0.29) is 12.1 Å². The molecule has 0 aromatic heterocycles. The average Bonchev–Trinajstić information content (AvgIpc) is 2.87. The molecule has 0 bridgehead atoms. The fourth-order valence-corrected chi connectivity index (χ4v) is 3.84. The number of nitrogens with one attached hydrogen (secondary N) is 2. The molecule has 0 radical (unpaired) electrons. The van der Waals surface area contributed by atoms with Gasteiger partial charge in [-0.05, 0) is 49.6 Å². The largest absolute Gasteiger partial charge is 0.387 e. The molecular formula is C16H24N2O2S. The van der Waals surface area contributed by atoms with Gasteiger partial charge in [0.25, 0.3) is 0 Å². The fourth-order valence-electron chi connectivity index (χ4n) is 2.55. The third-order valence-corrected chi connectivity index (χ3v) is 5.36. The molecule has 0 spiro atoms. The zero-order valence-electron chi connectivity index (χ0n) is 12.9. The Kier molecular flexibility index (Phi) is 5.17. The highest BCUT2D eigenvalue weighted by molar-refractivity contribution is 7.99. The summed E-state index contributed by atoms with van der Waals surface area (Å²) in [5, 5.41) is 15.9. The van der Waals surface area contributed by atoms with Gasteiger partial charge in [0.05, 0.1) is 11.6 Å². The molecule has 2 rings (SSSR count). The summed E-state index contributed by atoms with van der Waals surface area (Å²) in [6.45, 7) is 6.42. The predicted octanol–water partition coefficient (Wildman–Crippen LogP) is 2.53. The normalized spacial score (nSPS) is 22.9.